The van der Waals surface area contributed by atoms with Crippen molar-refractivity contribution < 1.29 is 29.1 Å². The third-order valence-electron chi connectivity index (χ3n) is 3.16. The van der Waals surface area contributed by atoms with Crippen molar-refractivity contribution in [2.24, 2.45) is 5.92 Å². The molecule has 0 radical (unpaired) electrons. The van der Waals surface area contributed by atoms with Crippen molar-refractivity contribution in [1.29, 1.82) is 0 Å². The van der Waals surface area contributed by atoms with Crippen LogP contribution >= 0.6 is 0 Å². The summed E-state index contributed by atoms with van der Waals surface area (Å²) < 4.78 is 0. The van der Waals surface area contributed by atoms with E-state index in [2.05, 4.69) is 22.5 Å². The smallest absolute Gasteiger partial charge is 0.326 e. The molecular formula is C16H25N3O6. The van der Waals surface area contributed by atoms with Gasteiger partial charge in [0.2, 0.25) is 17.7 Å². The van der Waals surface area contributed by atoms with Crippen LogP contribution in [0.3, 0.4) is 0 Å². The lowest BCUT2D eigenvalue weighted by Crippen LogP contribution is -2.50. The van der Waals surface area contributed by atoms with Crippen molar-refractivity contribution in [1.82, 2.24) is 16.0 Å². The quantitative estimate of drug-likeness (QED) is 0.271. The van der Waals surface area contributed by atoms with Crippen molar-refractivity contribution in [2.45, 2.75) is 45.2 Å². The Labute approximate surface area is 146 Å². The Morgan fingerprint density at radius 3 is 2.24 bits per heavy atom. The van der Waals surface area contributed by atoms with Crippen molar-refractivity contribution >= 4 is 30.0 Å². The van der Waals surface area contributed by atoms with Gasteiger partial charge in [-0.1, -0.05) is 20.4 Å². The number of hydrogen-bond acceptors (Lipinski definition) is 5. The molecule has 0 fully saturated rings. The lowest BCUT2D eigenvalue weighted by atomic mass is 10.0. The molecule has 0 saturated carbocycles. The first-order valence-electron chi connectivity index (χ1n) is 7.87. The number of carboxylic acids is 1. The number of aldehydes is 1. The summed E-state index contributed by atoms with van der Waals surface area (Å²) in [5, 5.41) is 16.0. The average molecular weight is 355 g/mol. The number of carboxylic acid groups (broad SMARTS) is 1. The topological polar surface area (TPSA) is 142 Å². The molecule has 9 heteroatoms. The minimum atomic E-state index is -1.27. The molecule has 2 unspecified atom stereocenters. The number of nitrogens with one attached hydrogen (secondary N) is 3. The van der Waals surface area contributed by atoms with Crippen molar-refractivity contribution in [3.8, 4) is 0 Å². The normalized spacial score (nSPS) is 12.6. The number of carbonyl (C=O) groups excluding carboxylic acids is 4. The lowest BCUT2D eigenvalue weighted by molar-refractivity contribution is -0.142. The fourth-order valence-electron chi connectivity index (χ4n) is 1.96. The van der Waals surface area contributed by atoms with Crippen LogP contribution in [0.4, 0.5) is 0 Å². The second-order valence-electron chi connectivity index (χ2n) is 5.82. The van der Waals surface area contributed by atoms with Gasteiger partial charge in [-0.25, -0.2) is 4.79 Å². The Bertz CT molecular complexity index is 518. The highest BCUT2D eigenvalue weighted by Crippen LogP contribution is 2.05. The van der Waals surface area contributed by atoms with Gasteiger partial charge in [0.15, 0.2) is 0 Å². The maximum absolute atomic E-state index is 12.1. The molecule has 9 nitrogen and oxygen atoms in total. The highest BCUT2D eigenvalue weighted by atomic mass is 16.4. The first kappa shape index (κ1) is 22.3. The number of amides is 3. The Morgan fingerprint density at radius 1 is 1.12 bits per heavy atom. The predicted molar refractivity (Wildman–Crippen MR) is 89.5 cm³/mol. The molecule has 0 aliphatic carbocycles. The van der Waals surface area contributed by atoms with E-state index in [1.807, 2.05) is 13.8 Å². The van der Waals surface area contributed by atoms with Gasteiger partial charge in [0.1, 0.15) is 18.4 Å². The fraction of sp³-hybridized carbons (Fsp3) is 0.562. The van der Waals surface area contributed by atoms with E-state index in [1.165, 1.54) is 0 Å². The standard InChI is InChI=1S/C16H25N3O6/c1-4-13(21)19-12(8-10(2)3)15(23)17-9-14(22)18-11(16(24)25)6-5-7-20/h4,7,10-12H,1,5-6,8-9H2,2-3H3,(H,17,23)(H,18,22)(H,19,21)(H,24,25). The van der Waals surface area contributed by atoms with E-state index in [1.54, 1.807) is 0 Å². The number of carbonyl (C=O) groups is 5. The molecule has 0 rings (SSSR count). The van der Waals surface area contributed by atoms with Gasteiger partial charge in [-0.05, 0) is 24.8 Å². The Hall–Kier alpha value is -2.71. The van der Waals surface area contributed by atoms with Crippen LogP contribution in [0.2, 0.25) is 0 Å². The number of aliphatic carboxylic acids is 1. The SMILES string of the molecule is C=CC(=O)NC(CC(C)C)C(=O)NCC(=O)NC(CCC=O)C(=O)O. The third kappa shape index (κ3) is 9.90. The molecule has 2 atom stereocenters. The minimum Gasteiger partial charge on any atom is -0.480 e. The molecule has 4 N–H and O–H groups in total. The highest BCUT2D eigenvalue weighted by Gasteiger charge is 2.23. The van der Waals surface area contributed by atoms with Gasteiger partial charge in [-0.2, -0.15) is 0 Å². The third-order valence-corrected chi connectivity index (χ3v) is 3.16. The molecule has 25 heavy (non-hydrogen) atoms. The van der Waals surface area contributed by atoms with E-state index in [0.29, 0.717) is 12.7 Å². The van der Waals surface area contributed by atoms with Crippen molar-refractivity contribution in [3.63, 3.8) is 0 Å². The molecule has 0 aliphatic heterocycles. The largest absolute Gasteiger partial charge is 0.480 e. The zero-order valence-corrected chi connectivity index (χ0v) is 14.4. The monoisotopic (exact) mass is 355 g/mol. The summed E-state index contributed by atoms with van der Waals surface area (Å²) in [6.07, 6.45) is 1.92. The summed E-state index contributed by atoms with van der Waals surface area (Å²) in [6, 6.07) is -2.04. The van der Waals surface area contributed by atoms with Crippen LogP contribution in [0, 0.1) is 5.92 Å². The van der Waals surface area contributed by atoms with Crippen LogP contribution in [0.5, 0.6) is 0 Å². The molecule has 0 bridgehead atoms. The summed E-state index contributed by atoms with van der Waals surface area (Å²) in [5.74, 6) is -2.92. The second-order valence-corrected chi connectivity index (χ2v) is 5.82. The van der Waals surface area contributed by atoms with E-state index in [4.69, 9.17) is 5.11 Å². The molecule has 0 spiro atoms. The van der Waals surface area contributed by atoms with Gasteiger partial charge >= 0.3 is 5.97 Å². The molecule has 3 amide bonds. The van der Waals surface area contributed by atoms with Gasteiger partial charge in [0, 0.05) is 6.42 Å². The summed E-state index contributed by atoms with van der Waals surface area (Å²) in [6.45, 7) is 6.61. The zero-order chi connectivity index (χ0) is 19.4. The molecule has 0 saturated heterocycles. The van der Waals surface area contributed by atoms with E-state index in [-0.39, 0.29) is 18.8 Å². The molecule has 0 aromatic carbocycles. The van der Waals surface area contributed by atoms with Gasteiger partial charge in [0.25, 0.3) is 0 Å². The molecule has 0 aromatic rings. The summed E-state index contributed by atoms with van der Waals surface area (Å²) in [4.78, 5) is 56.6. The molecule has 0 aromatic heterocycles. The van der Waals surface area contributed by atoms with Crippen LogP contribution in [0.15, 0.2) is 12.7 Å². The summed E-state index contributed by atoms with van der Waals surface area (Å²) in [7, 11) is 0. The average Bonchev–Trinajstić information content (AvgIpc) is 2.54. The van der Waals surface area contributed by atoms with Gasteiger partial charge in [-0.15, -0.1) is 0 Å². The Morgan fingerprint density at radius 2 is 1.76 bits per heavy atom. The maximum atomic E-state index is 12.1. The summed E-state index contributed by atoms with van der Waals surface area (Å²) in [5.41, 5.74) is 0. The van der Waals surface area contributed by atoms with Crippen LogP contribution in [0.1, 0.15) is 33.1 Å². The van der Waals surface area contributed by atoms with Gasteiger partial charge < -0.3 is 25.9 Å². The first-order valence-corrected chi connectivity index (χ1v) is 7.87. The highest BCUT2D eigenvalue weighted by molar-refractivity contribution is 5.94. The number of rotatable bonds is 12. The molecule has 0 heterocycles. The Balaban J connectivity index is 4.61. The van der Waals surface area contributed by atoms with Gasteiger partial charge in [0.05, 0.1) is 6.54 Å². The van der Waals surface area contributed by atoms with E-state index < -0.39 is 42.3 Å². The van der Waals surface area contributed by atoms with Crippen molar-refractivity contribution in [3.05, 3.63) is 12.7 Å². The van der Waals surface area contributed by atoms with Crippen LogP contribution in [-0.2, 0) is 24.0 Å². The first-order chi connectivity index (χ1) is 11.7. The molecule has 140 valence electrons. The van der Waals surface area contributed by atoms with Crippen LogP contribution in [-0.4, -0.2) is 53.7 Å². The lowest BCUT2D eigenvalue weighted by Gasteiger charge is -2.20. The zero-order valence-electron chi connectivity index (χ0n) is 14.4. The Kier molecular flexibility index (Phi) is 10.5. The number of hydrogen-bond donors (Lipinski definition) is 4. The fourth-order valence-corrected chi connectivity index (χ4v) is 1.96. The predicted octanol–water partition coefficient (Wildman–Crippen LogP) is -0.632. The maximum Gasteiger partial charge on any atom is 0.326 e. The van der Waals surface area contributed by atoms with E-state index in [9.17, 15) is 24.0 Å². The molecule has 0 aliphatic rings. The van der Waals surface area contributed by atoms with E-state index in [0.717, 1.165) is 6.08 Å². The van der Waals surface area contributed by atoms with Crippen LogP contribution in [0.25, 0.3) is 0 Å². The van der Waals surface area contributed by atoms with Gasteiger partial charge in [-0.3, -0.25) is 14.4 Å². The minimum absolute atomic E-state index is 0.00630. The van der Waals surface area contributed by atoms with Crippen LogP contribution < -0.4 is 16.0 Å². The second kappa shape index (κ2) is 11.8. The summed E-state index contributed by atoms with van der Waals surface area (Å²) >= 11 is 0. The van der Waals surface area contributed by atoms with E-state index >= 15 is 0 Å². The van der Waals surface area contributed by atoms with Crippen molar-refractivity contribution in [2.75, 3.05) is 6.54 Å². The molecular weight excluding hydrogens is 330 g/mol.